The van der Waals surface area contributed by atoms with Crippen LogP contribution in [0.3, 0.4) is 0 Å². The molecule has 2 bridgehead atoms. The van der Waals surface area contributed by atoms with E-state index < -0.39 is 17.7 Å². The number of nitrogens with zero attached hydrogens (tertiary/aromatic N) is 1. The Labute approximate surface area is 223 Å². The molecule has 3 aromatic rings. The lowest BCUT2D eigenvalue weighted by Crippen LogP contribution is -2.42. The summed E-state index contributed by atoms with van der Waals surface area (Å²) in [4.78, 5) is 58.4. The van der Waals surface area contributed by atoms with Crippen molar-refractivity contribution in [1.29, 1.82) is 0 Å². The van der Waals surface area contributed by atoms with Crippen molar-refractivity contribution in [3.63, 3.8) is 0 Å². The second-order valence-corrected chi connectivity index (χ2v) is 13.4. The number of thiophene rings is 1. The molecule has 2 aliphatic heterocycles. The van der Waals surface area contributed by atoms with Crippen LogP contribution in [0.4, 0.5) is 5.69 Å². The quantitative estimate of drug-likeness (QED) is 0.467. The highest BCUT2D eigenvalue weighted by Gasteiger charge is 2.69. The third-order valence-electron chi connectivity index (χ3n) is 8.09. The number of hydrogen-bond donors (Lipinski definition) is 2. The van der Waals surface area contributed by atoms with Gasteiger partial charge in [0, 0.05) is 31.6 Å². The van der Waals surface area contributed by atoms with Gasteiger partial charge in [-0.3, -0.25) is 24.1 Å². The van der Waals surface area contributed by atoms with Crippen LogP contribution in [0, 0.1) is 29.6 Å². The molecule has 184 valence electrons. The van der Waals surface area contributed by atoms with Crippen LogP contribution in [-0.2, 0) is 14.4 Å². The van der Waals surface area contributed by atoms with Crippen molar-refractivity contribution in [3.8, 4) is 0 Å². The van der Waals surface area contributed by atoms with Crippen LogP contribution < -0.4 is 10.2 Å². The highest BCUT2D eigenvalue weighted by atomic mass is 35.5. The second kappa shape index (κ2) is 8.31. The Morgan fingerprint density at radius 1 is 1.08 bits per heavy atom. The van der Waals surface area contributed by atoms with E-state index >= 15 is 0 Å². The number of nitrogens with one attached hydrogen (secondary N) is 2. The molecule has 2 aromatic heterocycles. The molecule has 7 nitrogen and oxygen atoms in total. The first-order valence-electron chi connectivity index (χ1n) is 11.7. The fourth-order valence-corrected chi connectivity index (χ4v) is 10.9. The van der Waals surface area contributed by atoms with E-state index in [1.807, 2.05) is 11.4 Å². The SMILES string of the molecule is O=C(CN1C(=O)C2C3CC(C2C1=O)C1C3Sc2[nH]c(=O)sc2[C@@H]1c1cccs1)Nc1ccc(Cl)cc1. The molecule has 0 radical (unpaired) electrons. The van der Waals surface area contributed by atoms with Gasteiger partial charge >= 0.3 is 4.87 Å². The number of rotatable bonds is 4. The number of aromatic nitrogens is 1. The summed E-state index contributed by atoms with van der Waals surface area (Å²) >= 11 is 10.5. The standard InChI is InChI=1S/C25H20ClN3O4S3/c26-10-3-5-11(6-4-10)27-15(30)9-29-23(31)17-12-8-13(18(17)24(29)32)20-16(12)19(14-2-1-7-34-14)21-22(35-20)28-25(33)36-21/h1-7,12-13,16-20H,8-9H2,(H,27,30)(H,28,33)/t12?,13?,16?,17?,18?,19-,20?/m1/s1. The van der Waals surface area contributed by atoms with E-state index in [1.54, 1.807) is 47.4 Å². The second-order valence-electron chi connectivity index (χ2n) is 9.79. The number of thioether (sulfide) groups is 1. The number of thiazole rings is 1. The summed E-state index contributed by atoms with van der Waals surface area (Å²) in [6.45, 7) is -0.287. The summed E-state index contributed by atoms with van der Waals surface area (Å²) in [6.07, 6.45) is 0.834. The van der Waals surface area contributed by atoms with Crippen molar-refractivity contribution in [1.82, 2.24) is 9.88 Å². The first-order chi connectivity index (χ1) is 17.4. The van der Waals surface area contributed by atoms with Gasteiger partial charge in [0.2, 0.25) is 17.7 Å². The van der Waals surface area contributed by atoms with E-state index in [-0.39, 0.29) is 52.2 Å². The van der Waals surface area contributed by atoms with Gasteiger partial charge in [0.25, 0.3) is 0 Å². The number of benzene rings is 1. The Morgan fingerprint density at radius 2 is 1.83 bits per heavy atom. The van der Waals surface area contributed by atoms with Gasteiger partial charge in [-0.25, -0.2) is 0 Å². The minimum atomic E-state index is -0.408. The predicted molar refractivity (Wildman–Crippen MR) is 140 cm³/mol. The van der Waals surface area contributed by atoms with Crippen molar-refractivity contribution in [2.24, 2.45) is 29.6 Å². The zero-order chi connectivity index (χ0) is 24.7. The Bertz CT molecular complexity index is 1450. The fourth-order valence-electron chi connectivity index (χ4n) is 6.90. The Hall–Kier alpha value is -2.40. The predicted octanol–water partition coefficient (Wildman–Crippen LogP) is 4.26. The minimum absolute atomic E-state index is 0.0507. The topological polar surface area (TPSA) is 99.3 Å². The summed E-state index contributed by atoms with van der Waals surface area (Å²) in [5, 5.41) is 6.41. The van der Waals surface area contributed by atoms with E-state index in [1.165, 1.54) is 21.1 Å². The smallest absolute Gasteiger partial charge is 0.305 e. The molecular formula is C25H20ClN3O4S3. The van der Waals surface area contributed by atoms with Gasteiger partial charge in [0.1, 0.15) is 6.54 Å². The Kier molecular flexibility index (Phi) is 5.25. The number of amides is 3. The maximum atomic E-state index is 13.6. The molecule has 4 heterocycles. The van der Waals surface area contributed by atoms with Crippen LogP contribution in [0.25, 0.3) is 0 Å². The van der Waals surface area contributed by atoms with E-state index in [4.69, 9.17) is 11.6 Å². The highest BCUT2D eigenvalue weighted by molar-refractivity contribution is 8.00. The number of imide groups is 1. The molecule has 11 heteroatoms. The van der Waals surface area contributed by atoms with Crippen LogP contribution in [-0.4, -0.2) is 39.4 Å². The molecule has 2 aliphatic carbocycles. The monoisotopic (exact) mass is 557 g/mol. The number of anilines is 1. The molecule has 7 atom stereocenters. The molecule has 2 saturated carbocycles. The molecule has 6 unspecified atom stereocenters. The number of hydrogen-bond acceptors (Lipinski definition) is 7. The number of carbonyl (C=O) groups excluding carboxylic acids is 3. The van der Waals surface area contributed by atoms with E-state index in [9.17, 15) is 19.2 Å². The van der Waals surface area contributed by atoms with Gasteiger partial charge in [-0.2, -0.15) is 0 Å². The number of carbonyl (C=O) groups is 3. The van der Waals surface area contributed by atoms with Crippen LogP contribution in [0.5, 0.6) is 0 Å². The Morgan fingerprint density at radius 3 is 2.56 bits per heavy atom. The van der Waals surface area contributed by atoms with Crippen molar-refractivity contribution in [2.75, 3.05) is 11.9 Å². The van der Waals surface area contributed by atoms with Crippen LogP contribution in [0.2, 0.25) is 5.02 Å². The molecular weight excluding hydrogens is 538 g/mol. The normalized spacial score (nSPS) is 31.9. The number of likely N-dealkylation sites (tertiary alicyclic amines) is 1. The van der Waals surface area contributed by atoms with Crippen molar-refractivity contribution in [3.05, 3.63) is 66.2 Å². The number of fused-ring (bicyclic) bond motifs is 9. The third kappa shape index (κ3) is 3.31. The van der Waals surface area contributed by atoms with Crippen molar-refractivity contribution >= 4 is 69.4 Å². The first-order valence-corrected chi connectivity index (χ1v) is 14.7. The maximum Gasteiger partial charge on any atom is 0.305 e. The van der Waals surface area contributed by atoms with Gasteiger partial charge in [-0.15, -0.1) is 23.1 Å². The molecule has 2 N–H and O–H groups in total. The molecule has 4 aliphatic rings. The summed E-state index contributed by atoms with van der Waals surface area (Å²) in [5.41, 5.74) is 0.560. The summed E-state index contributed by atoms with van der Waals surface area (Å²) < 4.78 is 0. The fraction of sp³-hybridized carbons (Fsp3) is 0.360. The van der Waals surface area contributed by atoms with Crippen LogP contribution in [0.15, 0.2) is 51.6 Å². The molecule has 3 fully saturated rings. The molecule has 0 spiro atoms. The van der Waals surface area contributed by atoms with Crippen molar-refractivity contribution in [2.45, 2.75) is 22.6 Å². The highest BCUT2D eigenvalue weighted by Crippen LogP contribution is 2.68. The molecule has 7 rings (SSSR count). The van der Waals surface area contributed by atoms with Gasteiger partial charge in [-0.05, 0) is 59.9 Å². The Balaban J connectivity index is 1.17. The molecule has 1 saturated heterocycles. The average molecular weight is 558 g/mol. The summed E-state index contributed by atoms with van der Waals surface area (Å²) in [5.74, 6) is -1.33. The largest absolute Gasteiger partial charge is 0.325 e. The van der Waals surface area contributed by atoms with Gasteiger partial charge in [0.05, 0.1) is 16.9 Å². The van der Waals surface area contributed by atoms with E-state index in [0.717, 1.165) is 16.3 Å². The molecule has 1 aromatic carbocycles. The van der Waals surface area contributed by atoms with Crippen molar-refractivity contribution < 1.29 is 14.4 Å². The lowest BCUT2D eigenvalue weighted by Gasteiger charge is -2.42. The van der Waals surface area contributed by atoms with Gasteiger partial charge < -0.3 is 10.3 Å². The maximum absolute atomic E-state index is 13.6. The lowest BCUT2D eigenvalue weighted by atomic mass is 9.69. The van der Waals surface area contributed by atoms with Crippen LogP contribution >= 0.6 is 46.0 Å². The zero-order valence-electron chi connectivity index (χ0n) is 18.7. The van der Waals surface area contributed by atoms with E-state index in [0.29, 0.717) is 10.7 Å². The molecule has 3 amide bonds. The zero-order valence-corrected chi connectivity index (χ0v) is 21.9. The number of H-pyrrole nitrogens is 1. The third-order valence-corrected chi connectivity index (χ3v) is 11.9. The number of halogens is 1. The first kappa shape index (κ1) is 22.8. The van der Waals surface area contributed by atoms with Crippen LogP contribution in [0.1, 0.15) is 22.1 Å². The average Bonchev–Trinajstić information content (AvgIpc) is 3.66. The van der Waals surface area contributed by atoms with Gasteiger partial charge in [0.15, 0.2) is 0 Å². The molecule has 36 heavy (non-hydrogen) atoms. The van der Waals surface area contributed by atoms with Gasteiger partial charge in [-0.1, -0.05) is 29.0 Å². The summed E-state index contributed by atoms with van der Waals surface area (Å²) in [7, 11) is 0. The summed E-state index contributed by atoms with van der Waals surface area (Å²) in [6, 6.07) is 10.8. The lowest BCUT2D eigenvalue weighted by molar-refractivity contribution is -0.143. The number of aromatic amines is 1. The minimum Gasteiger partial charge on any atom is -0.325 e. The van der Waals surface area contributed by atoms with E-state index in [2.05, 4.69) is 16.4 Å².